The monoisotopic (exact) mass is 219 g/mol. The Morgan fingerprint density at radius 2 is 2.12 bits per heavy atom. The fourth-order valence-electron chi connectivity index (χ4n) is 1.95. The van der Waals surface area contributed by atoms with Crippen molar-refractivity contribution < 1.29 is 9.52 Å². The van der Waals surface area contributed by atoms with Crippen molar-refractivity contribution in [3.05, 3.63) is 36.1 Å². The highest BCUT2D eigenvalue weighted by molar-refractivity contribution is 5.77. The van der Waals surface area contributed by atoms with Gasteiger partial charge in [0, 0.05) is 11.9 Å². The van der Waals surface area contributed by atoms with Gasteiger partial charge in [0.1, 0.15) is 16.9 Å². The van der Waals surface area contributed by atoms with E-state index < -0.39 is 5.60 Å². The number of para-hydroxylation sites is 1. The second-order valence-corrected chi connectivity index (χ2v) is 4.13. The summed E-state index contributed by atoms with van der Waals surface area (Å²) in [4.78, 5) is 0. The van der Waals surface area contributed by atoms with Crippen LogP contribution in [-0.2, 0) is 5.60 Å². The van der Waals surface area contributed by atoms with Crippen LogP contribution in [0.3, 0.4) is 0 Å². The number of aliphatic hydroxyl groups is 1. The number of nitrogens with two attached hydrogens (primary N) is 1. The van der Waals surface area contributed by atoms with Crippen molar-refractivity contribution in [3.63, 3.8) is 0 Å². The number of fused-ring (bicyclic) bond motifs is 1. The van der Waals surface area contributed by atoms with E-state index in [9.17, 15) is 5.11 Å². The maximum absolute atomic E-state index is 10.4. The Bertz CT molecular complexity index is 444. The zero-order valence-electron chi connectivity index (χ0n) is 9.44. The molecule has 0 amide bonds. The Kier molecular flexibility index (Phi) is 2.99. The zero-order valence-corrected chi connectivity index (χ0v) is 9.44. The predicted molar refractivity (Wildman–Crippen MR) is 64.1 cm³/mol. The van der Waals surface area contributed by atoms with Gasteiger partial charge in [-0.25, -0.2) is 0 Å². The summed E-state index contributed by atoms with van der Waals surface area (Å²) in [7, 11) is 0. The summed E-state index contributed by atoms with van der Waals surface area (Å²) in [6.07, 6.45) is 1.48. The number of furan rings is 1. The molecule has 0 fully saturated rings. The normalized spacial score (nSPS) is 15.2. The number of hydrogen-bond acceptors (Lipinski definition) is 3. The van der Waals surface area contributed by atoms with Gasteiger partial charge in [-0.1, -0.05) is 31.5 Å². The van der Waals surface area contributed by atoms with Crippen molar-refractivity contribution in [2.75, 3.05) is 6.54 Å². The predicted octanol–water partition coefficient (Wildman–Crippen LogP) is 2.38. The van der Waals surface area contributed by atoms with Crippen LogP contribution in [0.4, 0.5) is 0 Å². The Hall–Kier alpha value is -1.32. The minimum atomic E-state index is -1.03. The molecule has 0 spiro atoms. The smallest absolute Gasteiger partial charge is 0.138 e. The van der Waals surface area contributed by atoms with E-state index in [0.29, 0.717) is 12.2 Å². The van der Waals surface area contributed by atoms with E-state index in [-0.39, 0.29) is 6.54 Å². The molecule has 3 nitrogen and oxygen atoms in total. The fraction of sp³-hybridized carbons (Fsp3) is 0.385. The molecule has 3 heteroatoms. The minimum absolute atomic E-state index is 0.181. The summed E-state index contributed by atoms with van der Waals surface area (Å²) in [5, 5.41) is 11.4. The van der Waals surface area contributed by atoms with Gasteiger partial charge in [0.25, 0.3) is 0 Å². The van der Waals surface area contributed by atoms with E-state index in [0.717, 1.165) is 17.4 Å². The molecule has 0 radical (unpaired) electrons. The third kappa shape index (κ3) is 1.84. The largest absolute Gasteiger partial charge is 0.458 e. The van der Waals surface area contributed by atoms with E-state index in [2.05, 4.69) is 0 Å². The van der Waals surface area contributed by atoms with Crippen LogP contribution < -0.4 is 5.73 Å². The lowest BCUT2D eigenvalue weighted by molar-refractivity contribution is 0.0158. The Labute approximate surface area is 94.9 Å². The van der Waals surface area contributed by atoms with Gasteiger partial charge in [-0.15, -0.1) is 0 Å². The average Bonchev–Trinajstić information content (AvgIpc) is 2.73. The van der Waals surface area contributed by atoms with Crippen molar-refractivity contribution in [2.45, 2.75) is 25.4 Å². The van der Waals surface area contributed by atoms with E-state index in [1.165, 1.54) is 0 Å². The lowest BCUT2D eigenvalue weighted by atomic mass is 9.95. The molecule has 2 aromatic rings. The van der Waals surface area contributed by atoms with Crippen LogP contribution in [0.25, 0.3) is 11.0 Å². The molecule has 16 heavy (non-hydrogen) atoms. The highest BCUT2D eigenvalue weighted by atomic mass is 16.4. The van der Waals surface area contributed by atoms with Gasteiger partial charge in [0.2, 0.25) is 0 Å². The summed E-state index contributed by atoms with van der Waals surface area (Å²) in [5.74, 6) is 0.568. The highest BCUT2D eigenvalue weighted by Gasteiger charge is 2.30. The molecule has 0 saturated carbocycles. The van der Waals surface area contributed by atoms with Gasteiger partial charge in [0.05, 0.1) is 0 Å². The van der Waals surface area contributed by atoms with Crippen molar-refractivity contribution in [1.29, 1.82) is 0 Å². The molecule has 3 N–H and O–H groups in total. The van der Waals surface area contributed by atoms with Crippen molar-refractivity contribution in [2.24, 2.45) is 5.73 Å². The fourth-order valence-corrected chi connectivity index (χ4v) is 1.95. The van der Waals surface area contributed by atoms with Gasteiger partial charge < -0.3 is 15.3 Å². The quantitative estimate of drug-likeness (QED) is 0.830. The Morgan fingerprint density at radius 1 is 1.38 bits per heavy atom. The minimum Gasteiger partial charge on any atom is -0.458 e. The molecule has 0 aliphatic rings. The van der Waals surface area contributed by atoms with Crippen LogP contribution >= 0.6 is 0 Å². The van der Waals surface area contributed by atoms with E-state index >= 15 is 0 Å². The maximum atomic E-state index is 10.4. The molecule has 0 aliphatic carbocycles. The first kappa shape index (κ1) is 11.2. The topological polar surface area (TPSA) is 59.4 Å². The third-order valence-corrected chi connectivity index (χ3v) is 2.89. The molecule has 1 aromatic heterocycles. The van der Waals surface area contributed by atoms with Crippen LogP contribution in [0.15, 0.2) is 34.7 Å². The van der Waals surface area contributed by atoms with Gasteiger partial charge in [-0.05, 0) is 18.6 Å². The van der Waals surface area contributed by atoms with Crippen molar-refractivity contribution >= 4 is 11.0 Å². The van der Waals surface area contributed by atoms with Gasteiger partial charge in [0.15, 0.2) is 0 Å². The molecule has 1 atom stereocenters. The maximum Gasteiger partial charge on any atom is 0.138 e. The SMILES string of the molecule is CCCC(O)(CN)c1cc2ccccc2o1. The molecular weight excluding hydrogens is 202 g/mol. The summed E-state index contributed by atoms with van der Waals surface area (Å²) in [6.45, 7) is 2.20. The average molecular weight is 219 g/mol. The molecule has 0 aliphatic heterocycles. The van der Waals surface area contributed by atoms with Gasteiger partial charge in [-0.2, -0.15) is 0 Å². The lowest BCUT2D eigenvalue weighted by Crippen LogP contribution is -2.34. The first-order chi connectivity index (χ1) is 7.69. The number of benzene rings is 1. The molecular formula is C13H17NO2. The van der Waals surface area contributed by atoms with E-state index in [1.54, 1.807) is 0 Å². The number of rotatable bonds is 4. The molecule has 1 unspecified atom stereocenters. The van der Waals surface area contributed by atoms with Gasteiger partial charge in [-0.3, -0.25) is 0 Å². The second-order valence-electron chi connectivity index (χ2n) is 4.13. The Balaban J connectivity index is 2.45. The molecule has 0 saturated heterocycles. The molecule has 2 rings (SSSR count). The van der Waals surface area contributed by atoms with Crippen molar-refractivity contribution in [1.82, 2.24) is 0 Å². The lowest BCUT2D eigenvalue weighted by Gasteiger charge is -2.23. The summed E-state index contributed by atoms with van der Waals surface area (Å²) < 4.78 is 5.65. The summed E-state index contributed by atoms with van der Waals surface area (Å²) >= 11 is 0. The summed E-state index contributed by atoms with van der Waals surface area (Å²) in [6, 6.07) is 9.59. The van der Waals surface area contributed by atoms with Crippen LogP contribution in [0.1, 0.15) is 25.5 Å². The molecule has 0 bridgehead atoms. The van der Waals surface area contributed by atoms with Crippen LogP contribution in [0.5, 0.6) is 0 Å². The van der Waals surface area contributed by atoms with Gasteiger partial charge >= 0.3 is 0 Å². The van der Waals surface area contributed by atoms with E-state index in [1.807, 2.05) is 37.3 Å². The standard InChI is InChI=1S/C13H17NO2/c1-2-7-13(15,9-14)12-8-10-5-3-4-6-11(10)16-12/h3-6,8,15H,2,7,9,14H2,1H3. The molecule has 1 heterocycles. The highest BCUT2D eigenvalue weighted by Crippen LogP contribution is 2.30. The van der Waals surface area contributed by atoms with E-state index in [4.69, 9.17) is 10.2 Å². The summed E-state index contributed by atoms with van der Waals surface area (Å²) in [5.41, 5.74) is 5.40. The second kappa shape index (κ2) is 4.28. The van der Waals surface area contributed by atoms with Crippen LogP contribution in [0, 0.1) is 0 Å². The molecule has 86 valence electrons. The van der Waals surface area contributed by atoms with Crippen molar-refractivity contribution in [3.8, 4) is 0 Å². The first-order valence-corrected chi connectivity index (χ1v) is 5.61. The van der Waals surface area contributed by atoms with Crippen LogP contribution in [-0.4, -0.2) is 11.7 Å². The zero-order chi connectivity index (χ0) is 11.6. The third-order valence-electron chi connectivity index (χ3n) is 2.89. The Morgan fingerprint density at radius 3 is 2.75 bits per heavy atom. The first-order valence-electron chi connectivity index (χ1n) is 5.61. The molecule has 1 aromatic carbocycles. The van der Waals surface area contributed by atoms with Crippen LogP contribution in [0.2, 0.25) is 0 Å². The number of hydrogen-bond donors (Lipinski definition) is 2.